The van der Waals surface area contributed by atoms with Crippen LogP contribution < -0.4 is 0 Å². The van der Waals surface area contributed by atoms with Crippen LogP contribution in [0.2, 0.25) is 5.02 Å². The first-order chi connectivity index (χ1) is 9.08. The minimum Gasteiger partial charge on any atom is -0.293 e. The SMILES string of the molecule is O=C(CS(=O)c1ccccc1Cl)c1cccc(Br)c1. The second-order valence-electron chi connectivity index (χ2n) is 3.85. The third kappa shape index (κ3) is 3.75. The first-order valence-corrected chi connectivity index (χ1v) is 7.98. The topological polar surface area (TPSA) is 34.1 Å². The van der Waals surface area contributed by atoms with Gasteiger partial charge < -0.3 is 0 Å². The van der Waals surface area contributed by atoms with Crippen molar-refractivity contribution in [3.63, 3.8) is 0 Å². The van der Waals surface area contributed by atoms with Gasteiger partial charge in [0.2, 0.25) is 0 Å². The van der Waals surface area contributed by atoms with Gasteiger partial charge in [-0.2, -0.15) is 0 Å². The Morgan fingerprint density at radius 2 is 1.89 bits per heavy atom. The van der Waals surface area contributed by atoms with Gasteiger partial charge in [-0.05, 0) is 24.3 Å². The van der Waals surface area contributed by atoms with E-state index in [0.29, 0.717) is 15.5 Å². The molecular weight excluding hydrogens is 348 g/mol. The van der Waals surface area contributed by atoms with Crippen molar-refractivity contribution >= 4 is 44.1 Å². The zero-order chi connectivity index (χ0) is 13.8. The second kappa shape index (κ2) is 6.46. The maximum absolute atomic E-state index is 12.1. The van der Waals surface area contributed by atoms with Gasteiger partial charge in [-0.25, -0.2) is 0 Å². The van der Waals surface area contributed by atoms with Crippen LogP contribution in [0, 0.1) is 0 Å². The minimum atomic E-state index is -1.43. The molecule has 98 valence electrons. The zero-order valence-electron chi connectivity index (χ0n) is 9.81. The van der Waals surface area contributed by atoms with E-state index in [2.05, 4.69) is 15.9 Å². The lowest BCUT2D eigenvalue weighted by Crippen LogP contribution is -2.11. The molecule has 0 aliphatic heterocycles. The molecule has 1 atom stereocenters. The predicted octanol–water partition coefficient (Wildman–Crippen LogP) is 4.09. The molecule has 0 bridgehead atoms. The third-order valence-corrected chi connectivity index (χ3v) is 4.80. The number of carbonyl (C=O) groups excluding carboxylic acids is 1. The van der Waals surface area contributed by atoms with Crippen LogP contribution in [-0.2, 0) is 10.8 Å². The highest BCUT2D eigenvalue weighted by Gasteiger charge is 2.14. The van der Waals surface area contributed by atoms with Gasteiger partial charge in [0.15, 0.2) is 5.78 Å². The van der Waals surface area contributed by atoms with E-state index in [4.69, 9.17) is 11.6 Å². The number of hydrogen-bond acceptors (Lipinski definition) is 2. The summed E-state index contributed by atoms with van der Waals surface area (Å²) >= 11 is 9.27. The van der Waals surface area contributed by atoms with Crippen LogP contribution in [0.5, 0.6) is 0 Å². The van der Waals surface area contributed by atoms with Crippen LogP contribution in [0.15, 0.2) is 57.9 Å². The molecule has 2 aromatic carbocycles. The largest absolute Gasteiger partial charge is 0.293 e. The molecule has 2 nitrogen and oxygen atoms in total. The van der Waals surface area contributed by atoms with Crippen molar-refractivity contribution in [3.05, 3.63) is 63.6 Å². The summed E-state index contributed by atoms with van der Waals surface area (Å²) in [7, 11) is -1.43. The molecule has 0 N–H and O–H groups in total. The van der Waals surface area contributed by atoms with Crippen LogP contribution >= 0.6 is 27.5 Å². The van der Waals surface area contributed by atoms with Crippen molar-refractivity contribution in [3.8, 4) is 0 Å². The highest BCUT2D eigenvalue weighted by atomic mass is 79.9. The Morgan fingerprint density at radius 3 is 2.58 bits per heavy atom. The Labute approximate surface area is 127 Å². The smallest absolute Gasteiger partial charge is 0.175 e. The Kier molecular flexibility index (Phi) is 4.91. The lowest BCUT2D eigenvalue weighted by Gasteiger charge is -2.04. The van der Waals surface area contributed by atoms with Crippen molar-refractivity contribution in [2.45, 2.75) is 4.90 Å². The van der Waals surface area contributed by atoms with Crippen molar-refractivity contribution < 1.29 is 9.00 Å². The maximum Gasteiger partial charge on any atom is 0.175 e. The quantitative estimate of drug-likeness (QED) is 0.772. The molecule has 5 heteroatoms. The summed E-state index contributed by atoms with van der Waals surface area (Å²) in [6.45, 7) is 0. The Morgan fingerprint density at radius 1 is 1.16 bits per heavy atom. The van der Waals surface area contributed by atoms with Gasteiger partial charge in [-0.1, -0.05) is 51.8 Å². The van der Waals surface area contributed by atoms with Gasteiger partial charge in [-0.15, -0.1) is 0 Å². The summed E-state index contributed by atoms with van der Waals surface area (Å²) in [5.41, 5.74) is 0.537. The number of rotatable bonds is 4. The molecule has 19 heavy (non-hydrogen) atoms. The normalized spacial score (nSPS) is 12.1. The van der Waals surface area contributed by atoms with E-state index in [-0.39, 0.29) is 11.5 Å². The van der Waals surface area contributed by atoms with Crippen molar-refractivity contribution in [2.75, 3.05) is 5.75 Å². The molecule has 0 radical (unpaired) electrons. The summed E-state index contributed by atoms with van der Waals surface area (Å²) in [5.74, 6) is -0.236. The van der Waals surface area contributed by atoms with E-state index in [1.54, 1.807) is 42.5 Å². The van der Waals surface area contributed by atoms with Gasteiger partial charge in [0.05, 0.1) is 26.5 Å². The minimum absolute atomic E-state index is 0.0693. The predicted molar refractivity (Wildman–Crippen MR) is 81.2 cm³/mol. The van der Waals surface area contributed by atoms with E-state index in [1.165, 1.54) is 0 Å². The molecule has 0 amide bonds. The summed E-state index contributed by atoms with van der Waals surface area (Å²) in [5, 5.41) is 0.419. The number of benzene rings is 2. The highest BCUT2D eigenvalue weighted by molar-refractivity contribution is 9.10. The number of ketones is 1. The first kappa shape index (κ1) is 14.4. The fourth-order valence-electron chi connectivity index (χ4n) is 1.57. The molecular formula is C14H10BrClO2S. The van der Waals surface area contributed by atoms with Crippen LogP contribution in [-0.4, -0.2) is 15.7 Å². The fourth-order valence-corrected chi connectivity index (χ4v) is 3.44. The summed E-state index contributed by atoms with van der Waals surface area (Å²) in [4.78, 5) is 12.5. The Hall–Kier alpha value is -0.970. The van der Waals surface area contributed by atoms with Crippen LogP contribution in [0.4, 0.5) is 0 Å². The zero-order valence-corrected chi connectivity index (χ0v) is 13.0. The number of halogens is 2. The fraction of sp³-hybridized carbons (Fsp3) is 0.0714. The van der Waals surface area contributed by atoms with Gasteiger partial charge in [0.25, 0.3) is 0 Å². The van der Waals surface area contributed by atoms with Gasteiger partial charge >= 0.3 is 0 Å². The number of hydrogen-bond donors (Lipinski definition) is 0. The van der Waals surface area contributed by atoms with E-state index in [0.717, 1.165) is 4.47 Å². The van der Waals surface area contributed by atoms with Crippen LogP contribution in [0.3, 0.4) is 0 Å². The third-order valence-electron chi connectivity index (χ3n) is 2.49. The molecule has 0 spiro atoms. The number of Topliss-reactive ketones (excluding diaryl/α,β-unsaturated/α-hetero) is 1. The van der Waals surface area contributed by atoms with Gasteiger partial charge in [0, 0.05) is 10.0 Å². The molecule has 0 saturated carbocycles. The Bertz CT molecular complexity index is 643. The first-order valence-electron chi connectivity index (χ1n) is 5.49. The Balaban J connectivity index is 2.16. The number of carbonyl (C=O) groups is 1. The molecule has 0 aromatic heterocycles. The van der Waals surface area contributed by atoms with E-state index in [9.17, 15) is 9.00 Å². The van der Waals surface area contributed by atoms with Crippen molar-refractivity contribution in [2.24, 2.45) is 0 Å². The molecule has 1 unspecified atom stereocenters. The van der Waals surface area contributed by atoms with Crippen molar-refractivity contribution in [1.82, 2.24) is 0 Å². The van der Waals surface area contributed by atoms with E-state index >= 15 is 0 Å². The summed E-state index contributed by atoms with van der Waals surface area (Å²) < 4.78 is 12.9. The molecule has 0 saturated heterocycles. The molecule has 2 aromatic rings. The maximum atomic E-state index is 12.1. The average Bonchev–Trinajstić information content (AvgIpc) is 2.39. The van der Waals surface area contributed by atoms with E-state index in [1.807, 2.05) is 6.07 Å². The summed E-state index contributed by atoms with van der Waals surface area (Å²) in [6.07, 6.45) is 0. The van der Waals surface area contributed by atoms with Crippen LogP contribution in [0.1, 0.15) is 10.4 Å². The molecule has 0 fully saturated rings. The van der Waals surface area contributed by atoms with Gasteiger partial charge in [0.1, 0.15) is 0 Å². The average molecular weight is 358 g/mol. The molecule has 0 aliphatic carbocycles. The molecule has 2 rings (SSSR count). The summed E-state index contributed by atoms with van der Waals surface area (Å²) in [6, 6.07) is 13.9. The monoisotopic (exact) mass is 356 g/mol. The lowest BCUT2D eigenvalue weighted by atomic mass is 10.2. The standard InChI is InChI=1S/C14H10BrClO2S/c15-11-5-3-4-10(8-11)13(17)9-19(18)14-7-2-1-6-12(14)16/h1-8H,9H2. The van der Waals surface area contributed by atoms with E-state index < -0.39 is 10.8 Å². The second-order valence-corrected chi connectivity index (χ2v) is 6.60. The molecule has 0 aliphatic rings. The van der Waals surface area contributed by atoms with Crippen molar-refractivity contribution in [1.29, 1.82) is 0 Å². The van der Waals surface area contributed by atoms with Crippen LogP contribution in [0.25, 0.3) is 0 Å². The molecule has 0 heterocycles. The van der Waals surface area contributed by atoms with Gasteiger partial charge in [-0.3, -0.25) is 9.00 Å². The highest BCUT2D eigenvalue weighted by Crippen LogP contribution is 2.20. The lowest BCUT2D eigenvalue weighted by molar-refractivity contribution is 0.102.